The maximum absolute atomic E-state index is 12.6. The van der Waals surface area contributed by atoms with Gasteiger partial charge < -0.3 is 19.4 Å². The predicted octanol–water partition coefficient (Wildman–Crippen LogP) is 3.04. The lowest BCUT2D eigenvalue weighted by molar-refractivity contribution is -0.113. The fourth-order valence-electron chi connectivity index (χ4n) is 3.43. The van der Waals surface area contributed by atoms with Gasteiger partial charge in [0, 0.05) is 13.1 Å². The summed E-state index contributed by atoms with van der Waals surface area (Å²) in [6.07, 6.45) is 3.88. The number of hydrogen-bond donors (Lipinski definition) is 1. The number of nitrogens with one attached hydrogen (secondary N) is 1. The Balaban J connectivity index is 1.47. The van der Waals surface area contributed by atoms with Gasteiger partial charge in [0.15, 0.2) is 5.16 Å². The number of thioether (sulfide) groups is 1. The van der Waals surface area contributed by atoms with Crippen molar-refractivity contribution in [2.75, 3.05) is 36.2 Å². The summed E-state index contributed by atoms with van der Waals surface area (Å²) in [7, 11) is 1.31. The molecule has 1 aromatic carbocycles. The van der Waals surface area contributed by atoms with Crippen molar-refractivity contribution in [2.45, 2.75) is 24.5 Å². The molecule has 1 N–H and O–H groups in total. The molecule has 3 aromatic rings. The molecule has 1 saturated heterocycles. The largest absolute Gasteiger partial charge is 0.467 e. The van der Waals surface area contributed by atoms with E-state index in [1.165, 1.54) is 18.9 Å². The standard InChI is InChI=1S/C21H23N5O4S/c1-29-19(28)16-8-2-3-9-17(16)22-18(27)14-31-21-24-23-20(25-10-4-5-11-25)26(21)13-15-7-6-12-30-15/h2-3,6-9,12H,4-5,10-11,13-14H2,1H3,(H,22,27). The first-order valence-electron chi connectivity index (χ1n) is 9.96. The smallest absolute Gasteiger partial charge is 0.339 e. The highest BCUT2D eigenvalue weighted by molar-refractivity contribution is 7.99. The number of amides is 1. The summed E-state index contributed by atoms with van der Waals surface area (Å²) in [5, 5.41) is 12.1. The number of benzene rings is 1. The Bertz CT molecular complexity index is 1040. The Morgan fingerprint density at radius 2 is 1.97 bits per heavy atom. The van der Waals surface area contributed by atoms with E-state index in [4.69, 9.17) is 9.15 Å². The number of aromatic nitrogens is 3. The fraction of sp³-hybridized carbons (Fsp3) is 0.333. The minimum atomic E-state index is -0.503. The lowest BCUT2D eigenvalue weighted by Gasteiger charge is -2.17. The Morgan fingerprint density at radius 3 is 2.71 bits per heavy atom. The zero-order valence-electron chi connectivity index (χ0n) is 17.1. The lowest BCUT2D eigenvalue weighted by Crippen LogP contribution is -2.23. The minimum Gasteiger partial charge on any atom is -0.467 e. The maximum Gasteiger partial charge on any atom is 0.339 e. The van der Waals surface area contributed by atoms with Crippen LogP contribution in [0.25, 0.3) is 0 Å². The predicted molar refractivity (Wildman–Crippen MR) is 116 cm³/mol. The summed E-state index contributed by atoms with van der Waals surface area (Å²) < 4.78 is 12.3. The molecule has 0 spiro atoms. The maximum atomic E-state index is 12.6. The van der Waals surface area contributed by atoms with Crippen molar-refractivity contribution >= 4 is 35.3 Å². The van der Waals surface area contributed by atoms with E-state index in [0.717, 1.165) is 37.6 Å². The highest BCUT2D eigenvalue weighted by Gasteiger charge is 2.23. The molecular formula is C21H23N5O4S. The van der Waals surface area contributed by atoms with Crippen molar-refractivity contribution < 1.29 is 18.7 Å². The van der Waals surface area contributed by atoms with Gasteiger partial charge in [-0.1, -0.05) is 23.9 Å². The Labute approximate surface area is 183 Å². The summed E-state index contributed by atoms with van der Waals surface area (Å²) in [6, 6.07) is 10.5. The number of carbonyl (C=O) groups excluding carboxylic acids is 2. The number of nitrogens with zero attached hydrogens (tertiary/aromatic N) is 4. The molecule has 3 heterocycles. The van der Waals surface area contributed by atoms with Crippen molar-refractivity contribution in [3.63, 3.8) is 0 Å². The van der Waals surface area contributed by atoms with Crippen molar-refractivity contribution in [1.82, 2.24) is 14.8 Å². The number of hydrogen-bond acceptors (Lipinski definition) is 8. The second kappa shape index (κ2) is 9.69. The Morgan fingerprint density at radius 1 is 1.16 bits per heavy atom. The van der Waals surface area contributed by atoms with E-state index in [1.54, 1.807) is 30.5 Å². The van der Waals surface area contributed by atoms with Gasteiger partial charge in [-0.3, -0.25) is 9.36 Å². The fourth-order valence-corrected chi connectivity index (χ4v) is 4.17. The van der Waals surface area contributed by atoms with Crippen LogP contribution in [0.2, 0.25) is 0 Å². The molecule has 2 aromatic heterocycles. The number of esters is 1. The highest BCUT2D eigenvalue weighted by atomic mass is 32.2. The van der Waals surface area contributed by atoms with Crippen LogP contribution in [0.1, 0.15) is 29.0 Å². The molecule has 9 nitrogen and oxygen atoms in total. The van der Waals surface area contributed by atoms with Crippen LogP contribution in [-0.4, -0.2) is 52.6 Å². The molecule has 162 valence electrons. The summed E-state index contributed by atoms with van der Waals surface area (Å²) in [6.45, 7) is 2.36. The number of rotatable bonds is 8. The van der Waals surface area contributed by atoms with E-state index in [1.807, 2.05) is 16.7 Å². The number of carbonyl (C=O) groups is 2. The van der Waals surface area contributed by atoms with Crippen molar-refractivity contribution in [3.05, 3.63) is 54.0 Å². The van der Waals surface area contributed by atoms with Gasteiger partial charge in [-0.2, -0.15) is 0 Å². The third-order valence-electron chi connectivity index (χ3n) is 4.92. The summed E-state index contributed by atoms with van der Waals surface area (Å²) in [4.78, 5) is 26.7. The van der Waals surface area contributed by atoms with E-state index in [2.05, 4.69) is 20.4 Å². The van der Waals surface area contributed by atoms with Gasteiger partial charge in [0.2, 0.25) is 11.9 Å². The van der Waals surface area contributed by atoms with Crippen LogP contribution >= 0.6 is 11.8 Å². The SMILES string of the molecule is COC(=O)c1ccccc1NC(=O)CSc1nnc(N2CCCC2)n1Cc1ccco1. The van der Waals surface area contributed by atoms with Gasteiger partial charge in [-0.15, -0.1) is 10.2 Å². The van der Waals surface area contributed by atoms with Gasteiger partial charge in [0.1, 0.15) is 5.76 Å². The summed E-state index contributed by atoms with van der Waals surface area (Å²) >= 11 is 1.29. The van der Waals surface area contributed by atoms with Crippen LogP contribution in [0.5, 0.6) is 0 Å². The molecule has 0 atom stereocenters. The third-order valence-corrected chi connectivity index (χ3v) is 5.89. The van der Waals surface area contributed by atoms with Crippen molar-refractivity contribution in [2.24, 2.45) is 0 Å². The number of para-hydroxylation sites is 1. The molecule has 0 saturated carbocycles. The van der Waals surface area contributed by atoms with Crippen LogP contribution in [0.3, 0.4) is 0 Å². The highest BCUT2D eigenvalue weighted by Crippen LogP contribution is 2.26. The molecular weight excluding hydrogens is 418 g/mol. The zero-order valence-corrected chi connectivity index (χ0v) is 17.9. The van der Waals surface area contributed by atoms with Crippen LogP contribution in [0.4, 0.5) is 11.6 Å². The molecule has 4 rings (SSSR count). The van der Waals surface area contributed by atoms with Gasteiger partial charge >= 0.3 is 5.97 Å². The van der Waals surface area contributed by atoms with E-state index < -0.39 is 5.97 Å². The van der Waals surface area contributed by atoms with Gasteiger partial charge in [0.25, 0.3) is 0 Å². The third kappa shape index (κ3) is 4.91. The summed E-state index contributed by atoms with van der Waals surface area (Å²) in [5.41, 5.74) is 0.718. The first kappa shape index (κ1) is 21.0. The van der Waals surface area contributed by atoms with Crippen LogP contribution in [0, 0.1) is 0 Å². The number of ether oxygens (including phenoxy) is 1. The second-order valence-electron chi connectivity index (χ2n) is 7.02. The number of methoxy groups -OCH3 is 1. The number of furan rings is 1. The first-order chi connectivity index (χ1) is 15.2. The normalized spacial score (nSPS) is 13.4. The minimum absolute atomic E-state index is 0.117. The second-order valence-corrected chi connectivity index (χ2v) is 7.96. The van der Waals surface area contributed by atoms with Gasteiger partial charge in [0.05, 0.1) is 36.9 Å². The van der Waals surface area contributed by atoms with Crippen LogP contribution in [-0.2, 0) is 16.1 Å². The van der Waals surface area contributed by atoms with Crippen LogP contribution in [0.15, 0.2) is 52.2 Å². The first-order valence-corrected chi connectivity index (χ1v) is 10.9. The quantitative estimate of drug-likeness (QED) is 0.420. The zero-order chi connectivity index (χ0) is 21.6. The molecule has 0 bridgehead atoms. The van der Waals surface area contributed by atoms with E-state index in [-0.39, 0.29) is 11.7 Å². The monoisotopic (exact) mass is 441 g/mol. The van der Waals surface area contributed by atoms with Crippen LogP contribution < -0.4 is 10.2 Å². The lowest BCUT2D eigenvalue weighted by atomic mass is 10.2. The number of anilines is 2. The molecule has 10 heteroatoms. The van der Waals surface area contributed by atoms with E-state index >= 15 is 0 Å². The Hall–Kier alpha value is -3.27. The van der Waals surface area contributed by atoms with E-state index in [0.29, 0.717) is 23.0 Å². The summed E-state index contributed by atoms with van der Waals surface area (Å²) in [5.74, 6) is 0.936. The molecule has 0 radical (unpaired) electrons. The van der Waals surface area contributed by atoms with Crippen molar-refractivity contribution in [1.29, 1.82) is 0 Å². The molecule has 0 aliphatic carbocycles. The molecule has 31 heavy (non-hydrogen) atoms. The molecule has 1 aliphatic heterocycles. The average molecular weight is 442 g/mol. The van der Waals surface area contributed by atoms with Gasteiger partial charge in [-0.05, 0) is 37.1 Å². The molecule has 1 fully saturated rings. The van der Waals surface area contributed by atoms with Gasteiger partial charge in [-0.25, -0.2) is 4.79 Å². The Kier molecular flexibility index (Phi) is 6.56. The van der Waals surface area contributed by atoms with Crippen molar-refractivity contribution in [3.8, 4) is 0 Å². The topological polar surface area (TPSA) is 102 Å². The average Bonchev–Trinajstić information content (AvgIpc) is 3.55. The van der Waals surface area contributed by atoms with E-state index in [9.17, 15) is 9.59 Å². The molecule has 1 aliphatic rings. The molecule has 0 unspecified atom stereocenters. The molecule has 1 amide bonds.